The molecule has 7 nitrogen and oxygen atoms in total. The lowest BCUT2D eigenvalue weighted by Gasteiger charge is -2.33. The zero-order valence-corrected chi connectivity index (χ0v) is 21.1. The Morgan fingerprint density at radius 2 is 1.82 bits per heavy atom. The molecule has 14 heteroatoms. The zero-order chi connectivity index (χ0) is 28.3. The molecule has 1 aromatic heterocycles. The molecule has 2 heterocycles. The highest BCUT2D eigenvalue weighted by Gasteiger charge is 2.71. The summed E-state index contributed by atoms with van der Waals surface area (Å²) in [5.74, 6) is -1.20. The van der Waals surface area contributed by atoms with Crippen LogP contribution in [0.4, 0.5) is 26.3 Å². The first-order chi connectivity index (χ1) is 17.5. The molecule has 1 aliphatic heterocycles. The number of aryl methyl sites for hydroxylation is 1. The first-order valence-corrected chi connectivity index (χ1v) is 12.6. The molecule has 2 fully saturated rings. The van der Waals surface area contributed by atoms with Crippen molar-refractivity contribution in [2.24, 2.45) is 0 Å². The van der Waals surface area contributed by atoms with Gasteiger partial charge in [0.2, 0.25) is 0 Å². The van der Waals surface area contributed by atoms with Gasteiger partial charge in [0.05, 0.1) is 10.5 Å². The molecule has 2 aliphatic rings. The Morgan fingerprint density at radius 3 is 2.32 bits per heavy atom. The van der Waals surface area contributed by atoms with Gasteiger partial charge in [-0.15, -0.1) is 11.3 Å². The molecule has 0 radical (unpaired) electrons. The molecule has 3 N–H and O–H groups in total. The van der Waals surface area contributed by atoms with Crippen LogP contribution in [-0.4, -0.2) is 69.0 Å². The maximum absolute atomic E-state index is 13.4. The molecule has 1 aromatic carbocycles. The lowest BCUT2D eigenvalue weighted by Crippen LogP contribution is -2.53. The van der Waals surface area contributed by atoms with Crippen molar-refractivity contribution in [2.45, 2.75) is 69.1 Å². The molecular weight excluding hydrogens is 540 g/mol. The Labute approximate surface area is 217 Å². The summed E-state index contributed by atoms with van der Waals surface area (Å²) >= 11 is 0.759. The van der Waals surface area contributed by atoms with Crippen molar-refractivity contribution in [2.75, 3.05) is 13.1 Å². The van der Waals surface area contributed by atoms with E-state index in [9.17, 15) is 46.1 Å². The van der Waals surface area contributed by atoms with E-state index >= 15 is 0 Å². The largest absolute Gasteiger partial charge is 0.430 e. The standard InChI is InChI=1S/C24H25F6N3O4S/c1-12-10-14(22(37,23(25,26)27)24(28,29)30)5-6-15(12)17-16(20(35)33-9-3-4-13(33)2)32-19(38-17)18(34)31-11-21(36)7-8-21/h5-6,10,13,36-37H,3-4,7-9,11H2,1-2H3,(H,31,34). The minimum atomic E-state index is -6.05. The first-order valence-electron chi connectivity index (χ1n) is 11.8. The number of thiazole rings is 1. The number of amides is 2. The minimum absolute atomic E-state index is 0.0334. The number of halogens is 6. The summed E-state index contributed by atoms with van der Waals surface area (Å²) in [5.41, 5.74) is -7.69. The van der Waals surface area contributed by atoms with E-state index in [2.05, 4.69) is 10.3 Å². The predicted octanol–water partition coefficient (Wildman–Crippen LogP) is 4.31. The summed E-state index contributed by atoms with van der Waals surface area (Å²) < 4.78 is 80.3. The van der Waals surface area contributed by atoms with E-state index in [0.717, 1.165) is 30.2 Å². The van der Waals surface area contributed by atoms with Gasteiger partial charge in [-0.1, -0.05) is 18.2 Å². The number of aromatic nitrogens is 1. The number of nitrogens with zero attached hydrogens (tertiary/aromatic N) is 2. The number of hydrogen-bond acceptors (Lipinski definition) is 6. The van der Waals surface area contributed by atoms with E-state index in [-0.39, 0.29) is 39.3 Å². The van der Waals surface area contributed by atoms with Crippen LogP contribution >= 0.6 is 11.3 Å². The molecule has 1 saturated carbocycles. The van der Waals surface area contributed by atoms with Gasteiger partial charge in [0.15, 0.2) is 5.01 Å². The second kappa shape index (κ2) is 9.49. The van der Waals surface area contributed by atoms with Gasteiger partial charge in [0, 0.05) is 24.7 Å². The van der Waals surface area contributed by atoms with Gasteiger partial charge < -0.3 is 20.4 Å². The Bertz CT molecular complexity index is 1240. The van der Waals surface area contributed by atoms with Gasteiger partial charge in [0.1, 0.15) is 5.69 Å². The van der Waals surface area contributed by atoms with Gasteiger partial charge in [-0.2, -0.15) is 26.3 Å². The smallest absolute Gasteiger partial charge is 0.388 e. The molecule has 38 heavy (non-hydrogen) atoms. The zero-order valence-electron chi connectivity index (χ0n) is 20.3. The highest BCUT2D eigenvalue weighted by atomic mass is 32.1. The van der Waals surface area contributed by atoms with Crippen molar-refractivity contribution in [3.63, 3.8) is 0 Å². The van der Waals surface area contributed by atoms with E-state index in [1.54, 1.807) is 4.90 Å². The Hall–Kier alpha value is -2.71. The third kappa shape index (κ3) is 5.00. The Balaban J connectivity index is 1.77. The van der Waals surface area contributed by atoms with Crippen molar-refractivity contribution in [1.29, 1.82) is 0 Å². The second-order valence-electron chi connectivity index (χ2n) is 9.83. The van der Waals surface area contributed by atoms with Crippen LogP contribution < -0.4 is 5.32 Å². The highest BCUT2D eigenvalue weighted by molar-refractivity contribution is 7.17. The number of rotatable bonds is 6. The van der Waals surface area contributed by atoms with Crippen molar-refractivity contribution in [1.82, 2.24) is 15.2 Å². The fourth-order valence-electron chi connectivity index (χ4n) is 4.39. The van der Waals surface area contributed by atoms with Gasteiger partial charge in [0.25, 0.3) is 17.4 Å². The van der Waals surface area contributed by atoms with Crippen LogP contribution in [0, 0.1) is 6.92 Å². The lowest BCUT2D eigenvalue weighted by atomic mass is 9.89. The van der Waals surface area contributed by atoms with Gasteiger partial charge in [-0.3, -0.25) is 9.59 Å². The number of carbonyl (C=O) groups is 2. The molecule has 4 rings (SSSR count). The van der Waals surface area contributed by atoms with Crippen LogP contribution in [0.3, 0.4) is 0 Å². The highest BCUT2D eigenvalue weighted by Crippen LogP contribution is 2.50. The average Bonchev–Trinajstić information content (AvgIpc) is 3.18. The van der Waals surface area contributed by atoms with Crippen LogP contribution in [0.15, 0.2) is 18.2 Å². The average molecular weight is 566 g/mol. The minimum Gasteiger partial charge on any atom is -0.388 e. The monoisotopic (exact) mass is 565 g/mol. The summed E-state index contributed by atoms with van der Waals surface area (Å²) in [5, 5.41) is 22.2. The SMILES string of the molecule is Cc1cc(C(O)(C(F)(F)F)C(F)(F)F)ccc1-c1sc(C(=O)NCC2(O)CC2)nc1C(=O)N1CCCC1C. The molecule has 0 spiro atoms. The maximum Gasteiger partial charge on any atom is 0.430 e. The number of nitrogens with one attached hydrogen (secondary N) is 1. The van der Waals surface area contributed by atoms with Crippen LogP contribution in [0.25, 0.3) is 10.4 Å². The molecule has 1 aliphatic carbocycles. The number of likely N-dealkylation sites (tertiary alicyclic amines) is 1. The van der Waals surface area contributed by atoms with Crippen molar-refractivity contribution in [3.8, 4) is 10.4 Å². The fraction of sp³-hybridized carbons (Fsp3) is 0.542. The molecule has 2 aromatic rings. The van der Waals surface area contributed by atoms with E-state index < -0.39 is 40.9 Å². The molecule has 1 saturated heterocycles. The van der Waals surface area contributed by atoms with Gasteiger partial charge in [-0.25, -0.2) is 4.98 Å². The molecular formula is C24H25F6N3O4S. The number of hydrogen-bond donors (Lipinski definition) is 3. The predicted molar refractivity (Wildman–Crippen MR) is 125 cm³/mol. The second-order valence-corrected chi connectivity index (χ2v) is 10.8. The van der Waals surface area contributed by atoms with E-state index in [0.29, 0.717) is 31.5 Å². The number of carbonyl (C=O) groups excluding carboxylic acids is 2. The summed E-state index contributed by atoms with van der Waals surface area (Å²) in [6.07, 6.45) is -9.60. The first kappa shape index (κ1) is 28.3. The molecule has 1 atom stereocenters. The topological polar surface area (TPSA) is 103 Å². The van der Waals surface area contributed by atoms with E-state index in [1.807, 2.05) is 6.92 Å². The van der Waals surface area contributed by atoms with Gasteiger partial charge in [-0.05, 0) is 50.7 Å². The summed E-state index contributed by atoms with van der Waals surface area (Å²) in [7, 11) is 0. The molecule has 1 unspecified atom stereocenters. The number of aliphatic hydroxyl groups is 2. The molecule has 208 valence electrons. The van der Waals surface area contributed by atoms with Crippen LogP contribution in [0.2, 0.25) is 0 Å². The Morgan fingerprint density at radius 1 is 1.18 bits per heavy atom. The lowest BCUT2D eigenvalue weighted by molar-refractivity contribution is -0.376. The van der Waals surface area contributed by atoms with Crippen molar-refractivity contribution < 1.29 is 46.1 Å². The third-order valence-corrected chi connectivity index (χ3v) is 8.04. The summed E-state index contributed by atoms with van der Waals surface area (Å²) in [6, 6.07) is 1.87. The fourth-order valence-corrected chi connectivity index (χ4v) is 5.45. The third-order valence-electron chi connectivity index (χ3n) is 6.95. The Kier molecular flexibility index (Phi) is 7.07. The van der Waals surface area contributed by atoms with Crippen molar-refractivity contribution >= 4 is 23.2 Å². The number of benzene rings is 1. The maximum atomic E-state index is 13.4. The normalized spacial score (nSPS) is 19.5. The summed E-state index contributed by atoms with van der Waals surface area (Å²) in [4.78, 5) is 31.9. The van der Waals surface area contributed by atoms with Crippen LogP contribution in [-0.2, 0) is 5.60 Å². The van der Waals surface area contributed by atoms with Crippen LogP contribution in [0.5, 0.6) is 0 Å². The molecule has 0 bridgehead atoms. The summed E-state index contributed by atoms with van der Waals surface area (Å²) in [6.45, 7) is 3.46. The van der Waals surface area contributed by atoms with E-state index in [4.69, 9.17) is 0 Å². The number of alkyl halides is 6. The van der Waals surface area contributed by atoms with Crippen molar-refractivity contribution in [3.05, 3.63) is 40.0 Å². The quantitative estimate of drug-likeness (QED) is 0.453. The van der Waals surface area contributed by atoms with Gasteiger partial charge >= 0.3 is 12.4 Å². The van der Waals surface area contributed by atoms with E-state index in [1.165, 1.54) is 6.92 Å². The molecule has 2 amide bonds. The van der Waals surface area contributed by atoms with Crippen LogP contribution in [0.1, 0.15) is 64.0 Å².